The fraction of sp³-hybridized carbons (Fsp3) is 0.588. The Morgan fingerprint density at radius 3 is 2.92 bits per heavy atom. The number of halogens is 3. The van der Waals surface area contributed by atoms with Crippen LogP contribution in [0.1, 0.15) is 6.42 Å². The number of carbonyl (C=O) groups excluding carboxylic acids is 1. The maximum Gasteiger partial charge on any atom is 0.251 e. The van der Waals surface area contributed by atoms with E-state index in [1.54, 1.807) is 0 Å². The molecular formula is C17H22BrF2N3O2. The maximum absolute atomic E-state index is 12.7. The van der Waals surface area contributed by atoms with Crippen LogP contribution in [0, 0.1) is 0 Å². The number of hydrogen-bond donors (Lipinski definition) is 1. The van der Waals surface area contributed by atoms with Crippen molar-refractivity contribution in [2.75, 3.05) is 44.3 Å². The Labute approximate surface area is 154 Å². The van der Waals surface area contributed by atoms with E-state index in [0.29, 0.717) is 19.7 Å². The molecule has 2 saturated heterocycles. The van der Waals surface area contributed by atoms with Crippen LogP contribution in [0.25, 0.3) is 0 Å². The molecule has 0 spiro atoms. The summed E-state index contributed by atoms with van der Waals surface area (Å²) in [5, 5.41) is 3.01. The second kappa shape index (κ2) is 8.42. The van der Waals surface area contributed by atoms with Gasteiger partial charge in [0.2, 0.25) is 5.91 Å². The molecule has 2 atom stereocenters. The van der Waals surface area contributed by atoms with Crippen LogP contribution in [0.3, 0.4) is 0 Å². The van der Waals surface area contributed by atoms with Gasteiger partial charge in [0.1, 0.15) is 6.04 Å². The van der Waals surface area contributed by atoms with Crippen molar-refractivity contribution < 1.29 is 18.3 Å². The molecule has 0 bridgehead atoms. The number of morpholine rings is 1. The summed E-state index contributed by atoms with van der Waals surface area (Å²) in [4.78, 5) is 16.3. The second-order valence-electron chi connectivity index (χ2n) is 6.37. The van der Waals surface area contributed by atoms with Gasteiger partial charge in [0, 0.05) is 30.1 Å². The smallest absolute Gasteiger partial charge is 0.251 e. The Balaban J connectivity index is 1.57. The lowest BCUT2D eigenvalue weighted by Gasteiger charge is -2.34. The molecule has 25 heavy (non-hydrogen) atoms. The van der Waals surface area contributed by atoms with E-state index in [-0.39, 0.29) is 18.6 Å². The van der Waals surface area contributed by atoms with E-state index in [1.165, 1.54) is 4.90 Å². The van der Waals surface area contributed by atoms with Gasteiger partial charge in [-0.15, -0.1) is 0 Å². The number of nitrogens with one attached hydrogen (secondary N) is 1. The first kappa shape index (κ1) is 18.5. The zero-order valence-corrected chi connectivity index (χ0v) is 15.4. The molecule has 1 aromatic rings. The molecule has 5 nitrogen and oxygen atoms in total. The van der Waals surface area contributed by atoms with Crippen molar-refractivity contribution in [3.63, 3.8) is 0 Å². The first-order valence-corrected chi connectivity index (χ1v) is 9.23. The van der Waals surface area contributed by atoms with E-state index in [4.69, 9.17) is 4.74 Å². The quantitative estimate of drug-likeness (QED) is 0.796. The van der Waals surface area contributed by atoms with Gasteiger partial charge < -0.3 is 15.0 Å². The molecule has 0 unspecified atom stereocenters. The number of hydrogen-bond acceptors (Lipinski definition) is 4. The topological polar surface area (TPSA) is 44.8 Å². The predicted molar refractivity (Wildman–Crippen MR) is 95.1 cm³/mol. The zero-order chi connectivity index (χ0) is 17.8. The van der Waals surface area contributed by atoms with Crippen LogP contribution >= 0.6 is 15.9 Å². The number of amides is 1. The summed E-state index contributed by atoms with van der Waals surface area (Å²) in [5.41, 5.74) is 1.10. The van der Waals surface area contributed by atoms with Crippen molar-refractivity contribution in [2.45, 2.75) is 24.9 Å². The van der Waals surface area contributed by atoms with Crippen LogP contribution in [-0.4, -0.2) is 68.7 Å². The van der Waals surface area contributed by atoms with E-state index in [2.05, 4.69) is 26.1 Å². The lowest BCUT2D eigenvalue weighted by molar-refractivity contribution is -0.134. The zero-order valence-electron chi connectivity index (χ0n) is 13.8. The monoisotopic (exact) mass is 417 g/mol. The molecule has 8 heteroatoms. The molecule has 3 rings (SSSR count). The van der Waals surface area contributed by atoms with Crippen LogP contribution in [0.5, 0.6) is 0 Å². The number of benzene rings is 1. The number of ether oxygens (including phenoxy) is 1. The normalized spacial score (nSPS) is 24.7. The summed E-state index contributed by atoms with van der Waals surface area (Å²) >= 11 is 3.55. The van der Waals surface area contributed by atoms with Crippen molar-refractivity contribution >= 4 is 27.5 Å². The third-order valence-corrected chi connectivity index (χ3v) is 5.31. The van der Waals surface area contributed by atoms with Gasteiger partial charge in [0.05, 0.1) is 25.4 Å². The summed E-state index contributed by atoms with van der Waals surface area (Å²) < 4.78 is 31.8. The average Bonchev–Trinajstić information content (AvgIpc) is 3.03. The first-order valence-electron chi connectivity index (χ1n) is 8.44. The van der Waals surface area contributed by atoms with Crippen molar-refractivity contribution in [1.29, 1.82) is 0 Å². The molecular weight excluding hydrogens is 396 g/mol. The fourth-order valence-electron chi connectivity index (χ4n) is 3.38. The Morgan fingerprint density at radius 2 is 2.16 bits per heavy atom. The fourth-order valence-corrected chi connectivity index (χ4v) is 3.91. The number of carbonyl (C=O) groups is 1. The van der Waals surface area contributed by atoms with Crippen molar-refractivity contribution in [2.24, 2.45) is 0 Å². The number of para-hydroxylation sites is 1. The molecule has 1 N–H and O–H groups in total. The van der Waals surface area contributed by atoms with Crippen molar-refractivity contribution in [3.05, 3.63) is 28.7 Å². The van der Waals surface area contributed by atoms with Crippen molar-refractivity contribution in [3.8, 4) is 0 Å². The minimum absolute atomic E-state index is 0.00920. The Bertz CT molecular complexity index is 605. The minimum Gasteiger partial charge on any atom is -0.378 e. The molecule has 2 aliphatic heterocycles. The molecule has 1 amide bonds. The van der Waals surface area contributed by atoms with E-state index in [0.717, 1.165) is 23.1 Å². The summed E-state index contributed by atoms with van der Waals surface area (Å²) in [7, 11) is 0. The highest BCUT2D eigenvalue weighted by atomic mass is 79.9. The number of anilines is 1. The predicted octanol–water partition coefficient (Wildman–Crippen LogP) is 2.11. The average molecular weight is 418 g/mol. The molecule has 2 heterocycles. The Kier molecular flexibility index (Phi) is 6.24. The molecule has 0 saturated carbocycles. The second-order valence-corrected chi connectivity index (χ2v) is 7.22. The third kappa shape index (κ3) is 4.68. The summed E-state index contributed by atoms with van der Waals surface area (Å²) in [6, 6.07) is 7.34. The largest absolute Gasteiger partial charge is 0.378 e. The highest BCUT2D eigenvalue weighted by Crippen LogP contribution is 2.28. The molecule has 138 valence electrons. The molecule has 1 aromatic carbocycles. The highest BCUT2D eigenvalue weighted by Gasteiger charge is 2.33. The number of nitrogens with zero attached hydrogens (tertiary/aromatic N) is 2. The molecule has 2 aliphatic rings. The Morgan fingerprint density at radius 1 is 1.36 bits per heavy atom. The SMILES string of the molecule is O=C(N[C@@H]1CCN(c2ccccc2Br)C1)[C@@H]1COCCN1CC(F)F. The van der Waals surface area contributed by atoms with E-state index in [1.807, 2.05) is 24.3 Å². The van der Waals surface area contributed by atoms with Gasteiger partial charge in [0.15, 0.2) is 0 Å². The van der Waals surface area contributed by atoms with Gasteiger partial charge in [-0.2, -0.15) is 0 Å². The van der Waals surface area contributed by atoms with E-state index >= 15 is 0 Å². The molecule has 0 radical (unpaired) electrons. The number of alkyl halides is 2. The summed E-state index contributed by atoms with van der Waals surface area (Å²) in [6.45, 7) is 2.06. The highest BCUT2D eigenvalue weighted by molar-refractivity contribution is 9.10. The minimum atomic E-state index is -2.45. The van der Waals surface area contributed by atoms with E-state index < -0.39 is 19.0 Å². The third-order valence-electron chi connectivity index (χ3n) is 4.64. The molecule has 2 fully saturated rings. The van der Waals surface area contributed by atoms with E-state index in [9.17, 15) is 13.6 Å². The van der Waals surface area contributed by atoms with Crippen LogP contribution in [0.4, 0.5) is 14.5 Å². The van der Waals surface area contributed by atoms with Gasteiger partial charge >= 0.3 is 0 Å². The van der Waals surface area contributed by atoms with Gasteiger partial charge in [0.25, 0.3) is 6.43 Å². The number of rotatable bonds is 5. The van der Waals surface area contributed by atoms with Crippen LogP contribution in [0.15, 0.2) is 28.7 Å². The summed E-state index contributed by atoms with van der Waals surface area (Å²) in [5.74, 6) is -0.223. The Hall–Kier alpha value is -1.25. The van der Waals surface area contributed by atoms with Gasteiger partial charge in [-0.05, 0) is 34.5 Å². The standard InChI is InChI=1S/C17H22BrF2N3O2/c18-13-3-1-2-4-14(13)22-6-5-12(9-22)21-17(24)15-11-25-8-7-23(15)10-16(19)20/h1-4,12,15-16H,5-11H2,(H,21,24)/t12-,15+/m1/s1. The summed E-state index contributed by atoms with van der Waals surface area (Å²) in [6.07, 6.45) is -1.62. The van der Waals surface area contributed by atoms with Gasteiger partial charge in [-0.25, -0.2) is 8.78 Å². The molecule has 0 aromatic heterocycles. The van der Waals surface area contributed by atoms with Crippen LogP contribution in [0.2, 0.25) is 0 Å². The lowest BCUT2D eigenvalue weighted by atomic mass is 10.2. The van der Waals surface area contributed by atoms with Crippen molar-refractivity contribution in [1.82, 2.24) is 10.2 Å². The molecule has 0 aliphatic carbocycles. The van der Waals surface area contributed by atoms with Gasteiger partial charge in [-0.3, -0.25) is 9.69 Å². The van der Waals surface area contributed by atoms with Crippen LogP contribution < -0.4 is 10.2 Å². The lowest BCUT2D eigenvalue weighted by Crippen LogP contribution is -2.56. The van der Waals surface area contributed by atoms with Crippen LogP contribution in [-0.2, 0) is 9.53 Å². The van der Waals surface area contributed by atoms with Gasteiger partial charge in [-0.1, -0.05) is 12.1 Å². The first-order chi connectivity index (χ1) is 12.0. The maximum atomic E-state index is 12.7.